The zero-order chi connectivity index (χ0) is 8.55. The molecule has 2 rings (SSSR count). The molecule has 4 heteroatoms. The van der Waals surface area contributed by atoms with E-state index >= 15 is 0 Å². The predicted octanol–water partition coefficient (Wildman–Crippen LogP) is 1.92. The van der Waals surface area contributed by atoms with Crippen molar-refractivity contribution in [1.82, 2.24) is 10.3 Å². The number of benzene rings is 1. The van der Waals surface area contributed by atoms with Crippen LogP contribution in [0.15, 0.2) is 16.8 Å². The van der Waals surface area contributed by atoms with Crippen LogP contribution >= 0.6 is 0 Å². The average Bonchev–Trinajstić information content (AvgIpc) is 2.49. The van der Waals surface area contributed by atoms with E-state index < -0.39 is 0 Å². The van der Waals surface area contributed by atoms with E-state index in [1.165, 1.54) is 6.07 Å². The van der Waals surface area contributed by atoms with E-state index in [4.69, 9.17) is 0 Å². The first-order chi connectivity index (χ1) is 5.81. The third-order valence-corrected chi connectivity index (χ3v) is 1.80. The van der Waals surface area contributed by atoms with Crippen molar-refractivity contribution >= 4 is 11.0 Å². The number of halogens is 1. The summed E-state index contributed by atoms with van der Waals surface area (Å²) >= 11 is 0. The van der Waals surface area contributed by atoms with Gasteiger partial charge in [-0.25, -0.2) is 9.02 Å². The lowest BCUT2D eigenvalue weighted by Crippen LogP contribution is -1.87. The minimum atomic E-state index is -0.249. The molecule has 0 aliphatic heterocycles. The van der Waals surface area contributed by atoms with Crippen molar-refractivity contribution < 1.29 is 9.02 Å². The van der Waals surface area contributed by atoms with Gasteiger partial charge in [0.2, 0.25) is 0 Å². The fourth-order valence-corrected chi connectivity index (χ4v) is 1.12. The van der Waals surface area contributed by atoms with Gasteiger partial charge in [-0.15, -0.1) is 0 Å². The van der Waals surface area contributed by atoms with Gasteiger partial charge in [0.05, 0.1) is 0 Å². The van der Waals surface area contributed by atoms with Crippen molar-refractivity contribution in [2.24, 2.45) is 0 Å². The van der Waals surface area contributed by atoms with Crippen molar-refractivity contribution in [3.63, 3.8) is 0 Å². The summed E-state index contributed by atoms with van der Waals surface area (Å²) in [5.74, 6) is -0.249. The molecule has 0 unspecified atom stereocenters. The van der Waals surface area contributed by atoms with Gasteiger partial charge in [-0.05, 0) is 28.4 Å². The highest BCUT2D eigenvalue weighted by Gasteiger charge is 2.06. The molecule has 62 valence electrons. The minimum absolute atomic E-state index is 0.249. The van der Waals surface area contributed by atoms with E-state index in [0.717, 1.165) is 0 Å². The van der Waals surface area contributed by atoms with Gasteiger partial charge >= 0.3 is 0 Å². The Kier molecular flexibility index (Phi) is 1.53. The van der Waals surface area contributed by atoms with E-state index in [1.807, 2.05) is 6.92 Å². The molecule has 0 spiro atoms. The summed E-state index contributed by atoms with van der Waals surface area (Å²) in [6.45, 7) is 1.89. The van der Waals surface area contributed by atoms with Crippen molar-refractivity contribution in [2.45, 2.75) is 13.3 Å². The summed E-state index contributed by atoms with van der Waals surface area (Å²) < 4.78 is 17.5. The Hall–Kier alpha value is -1.45. The van der Waals surface area contributed by atoms with Gasteiger partial charge in [0.15, 0.2) is 0 Å². The third kappa shape index (κ3) is 0.958. The van der Waals surface area contributed by atoms with E-state index in [9.17, 15) is 4.39 Å². The van der Waals surface area contributed by atoms with E-state index in [-0.39, 0.29) is 5.82 Å². The molecule has 0 saturated heterocycles. The second-order valence-corrected chi connectivity index (χ2v) is 2.55. The van der Waals surface area contributed by atoms with Crippen molar-refractivity contribution in [1.29, 1.82) is 0 Å². The monoisotopic (exact) mass is 166 g/mol. The van der Waals surface area contributed by atoms with Gasteiger partial charge in [0.25, 0.3) is 0 Å². The van der Waals surface area contributed by atoms with E-state index in [0.29, 0.717) is 23.0 Å². The molecular weight excluding hydrogens is 159 g/mol. The van der Waals surface area contributed by atoms with Crippen LogP contribution in [0.3, 0.4) is 0 Å². The van der Waals surface area contributed by atoms with Crippen LogP contribution in [0.4, 0.5) is 4.39 Å². The summed E-state index contributed by atoms with van der Waals surface area (Å²) in [5.41, 5.74) is 1.70. The summed E-state index contributed by atoms with van der Waals surface area (Å²) in [5, 5.41) is 7.14. The number of fused-ring (bicyclic) bond motifs is 1. The lowest BCUT2D eigenvalue weighted by atomic mass is 10.1. The normalized spacial score (nSPS) is 10.8. The number of hydrogen-bond acceptors (Lipinski definition) is 3. The Bertz CT molecular complexity index is 410. The molecule has 1 aromatic carbocycles. The molecule has 0 atom stereocenters. The van der Waals surface area contributed by atoms with Gasteiger partial charge in [0.1, 0.15) is 16.9 Å². The fraction of sp³-hybridized carbons (Fsp3) is 0.250. The lowest BCUT2D eigenvalue weighted by Gasteiger charge is -1.95. The first kappa shape index (κ1) is 7.21. The minimum Gasteiger partial charge on any atom is -0.243 e. The summed E-state index contributed by atoms with van der Waals surface area (Å²) in [4.78, 5) is 0. The van der Waals surface area contributed by atoms with Gasteiger partial charge < -0.3 is 0 Å². The number of hydrogen-bond donors (Lipinski definition) is 0. The van der Waals surface area contributed by atoms with Crippen LogP contribution in [0.1, 0.15) is 12.5 Å². The van der Waals surface area contributed by atoms with Crippen LogP contribution in [-0.2, 0) is 6.42 Å². The average molecular weight is 166 g/mol. The zero-order valence-electron chi connectivity index (χ0n) is 6.54. The SMILES string of the molecule is CCc1cc2nonc2cc1F. The molecule has 0 radical (unpaired) electrons. The Balaban J connectivity index is 2.73. The molecule has 0 N–H and O–H groups in total. The van der Waals surface area contributed by atoms with Crippen LogP contribution in [-0.4, -0.2) is 10.3 Å². The van der Waals surface area contributed by atoms with Gasteiger partial charge in [-0.3, -0.25) is 0 Å². The van der Waals surface area contributed by atoms with E-state index in [1.54, 1.807) is 6.07 Å². The molecule has 0 amide bonds. The highest BCUT2D eigenvalue weighted by molar-refractivity contribution is 5.73. The van der Waals surface area contributed by atoms with Gasteiger partial charge in [0, 0.05) is 6.07 Å². The van der Waals surface area contributed by atoms with Crippen molar-refractivity contribution in [2.75, 3.05) is 0 Å². The van der Waals surface area contributed by atoms with Crippen molar-refractivity contribution in [3.8, 4) is 0 Å². The van der Waals surface area contributed by atoms with Crippen LogP contribution < -0.4 is 0 Å². The van der Waals surface area contributed by atoms with Crippen molar-refractivity contribution in [3.05, 3.63) is 23.5 Å². The van der Waals surface area contributed by atoms with Gasteiger partial charge in [-0.2, -0.15) is 0 Å². The first-order valence-corrected chi connectivity index (χ1v) is 3.72. The predicted molar refractivity (Wildman–Crippen MR) is 41.1 cm³/mol. The number of nitrogens with zero attached hydrogens (tertiary/aromatic N) is 2. The molecule has 1 heterocycles. The van der Waals surface area contributed by atoms with E-state index in [2.05, 4.69) is 14.9 Å². The maximum absolute atomic E-state index is 13.1. The summed E-state index contributed by atoms with van der Waals surface area (Å²) in [6.07, 6.45) is 0.647. The summed E-state index contributed by atoms with van der Waals surface area (Å²) in [7, 11) is 0. The molecule has 0 saturated carbocycles. The Morgan fingerprint density at radius 1 is 1.33 bits per heavy atom. The molecule has 12 heavy (non-hydrogen) atoms. The molecule has 1 aromatic heterocycles. The molecule has 2 aromatic rings. The second-order valence-electron chi connectivity index (χ2n) is 2.55. The lowest BCUT2D eigenvalue weighted by molar-refractivity contribution is 0.315. The molecule has 0 bridgehead atoms. The Morgan fingerprint density at radius 3 is 2.67 bits per heavy atom. The molecule has 3 nitrogen and oxygen atoms in total. The van der Waals surface area contributed by atoms with Crippen LogP contribution in [0.25, 0.3) is 11.0 Å². The quantitative estimate of drug-likeness (QED) is 0.649. The first-order valence-electron chi connectivity index (χ1n) is 3.72. The fourth-order valence-electron chi connectivity index (χ4n) is 1.12. The van der Waals surface area contributed by atoms with Gasteiger partial charge in [-0.1, -0.05) is 6.92 Å². The largest absolute Gasteiger partial charge is 0.243 e. The zero-order valence-corrected chi connectivity index (χ0v) is 6.54. The smallest absolute Gasteiger partial charge is 0.138 e. The maximum atomic E-state index is 13.1. The highest BCUT2D eigenvalue weighted by Crippen LogP contribution is 2.15. The molecule has 0 aliphatic carbocycles. The molecule has 0 aliphatic rings. The Morgan fingerprint density at radius 2 is 2.00 bits per heavy atom. The highest BCUT2D eigenvalue weighted by atomic mass is 19.1. The second kappa shape index (κ2) is 2.55. The number of rotatable bonds is 1. The third-order valence-electron chi connectivity index (χ3n) is 1.80. The number of aryl methyl sites for hydroxylation is 1. The van der Waals surface area contributed by atoms with Crippen LogP contribution in [0.2, 0.25) is 0 Å². The molecule has 0 fully saturated rings. The molecular formula is C8H7FN2O. The standard InChI is InChI=1S/C8H7FN2O/c1-2-5-3-7-8(4-6(5)9)11-12-10-7/h3-4H,2H2,1H3. The summed E-state index contributed by atoms with van der Waals surface area (Å²) in [6, 6.07) is 2.99. The van der Waals surface area contributed by atoms with Crippen LogP contribution in [0.5, 0.6) is 0 Å². The maximum Gasteiger partial charge on any atom is 0.138 e. The van der Waals surface area contributed by atoms with Crippen LogP contribution in [0, 0.1) is 5.82 Å². The number of aromatic nitrogens is 2. The Labute approximate surface area is 68.1 Å². The topological polar surface area (TPSA) is 38.9 Å².